The molecule has 0 bridgehead atoms. The predicted octanol–water partition coefficient (Wildman–Crippen LogP) is 2.81. The second-order valence-electron chi connectivity index (χ2n) is 6.91. The van der Waals surface area contributed by atoms with Crippen LogP contribution in [0.4, 0.5) is 5.82 Å². The van der Waals surface area contributed by atoms with Crippen molar-refractivity contribution in [3.63, 3.8) is 0 Å². The summed E-state index contributed by atoms with van der Waals surface area (Å²) in [4.78, 5) is 16.6. The highest BCUT2D eigenvalue weighted by Gasteiger charge is 2.26. The van der Waals surface area contributed by atoms with Gasteiger partial charge in [0, 0.05) is 56.5 Å². The fourth-order valence-corrected chi connectivity index (χ4v) is 3.79. The van der Waals surface area contributed by atoms with Crippen LogP contribution in [-0.4, -0.2) is 28.5 Å². The summed E-state index contributed by atoms with van der Waals surface area (Å²) in [6.07, 6.45) is 7.90. The lowest BCUT2D eigenvalue weighted by atomic mass is 10.1. The Kier molecular flexibility index (Phi) is 4.43. The molecule has 4 rings (SSSR count). The molecule has 0 radical (unpaired) electrons. The van der Waals surface area contributed by atoms with Gasteiger partial charge in [-0.15, -0.1) is 0 Å². The number of rotatable bonds is 5. The van der Waals surface area contributed by atoms with Gasteiger partial charge in [-0.3, -0.25) is 4.98 Å². The van der Waals surface area contributed by atoms with E-state index in [-0.39, 0.29) is 0 Å². The summed E-state index contributed by atoms with van der Waals surface area (Å²) in [7, 11) is 2.14. The van der Waals surface area contributed by atoms with Crippen LogP contribution in [-0.2, 0) is 19.5 Å². The SMILES string of the molecule is CN(CCc1ccccn1)c1nc(C2CCCC2)nc2c1CNC2. The summed E-state index contributed by atoms with van der Waals surface area (Å²) in [6.45, 7) is 2.67. The van der Waals surface area contributed by atoms with E-state index in [1.165, 1.54) is 36.9 Å². The molecule has 1 aliphatic carbocycles. The first-order valence-corrected chi connectivity index (χ1v) is 9.02. The summed E-state index contributed by atoms with van der Waals surface area (Å²) in [5, 5.41) is 3.43. The number of nitrogens with zero attached hydrogens (tertiary/aromatic N) is 4. The summed E-state index contributed by atoms with van der Waals surface area (Å²) in [5.74, 6) is 2.73. The number of hydrogen-bond donors (Lipinski definition) is 1. The van der Waals surface area contributed by atoms with E-state index in [0.29, 0.717) is 5.92 Å². The minimum absolute atomic E-state index is 0.554. The monoisotopic (exact) mass is 323 g/mol. The van der Waals surface area contributed by atoms with Crippen LogP contribution in [0.5, 0.6) is 0 Å². The fraction of sp³-hybridized carbons (Fsp3) is 0.526. The zero-order valence-corrected chi connectivity index (χ0v) is 14.3. The zero-order valence-electron chi connectivity index (χ0n) is 14.3. The Bertz CT molecular complexity index is 694. The molecule has 0 spiro atoms. The van der Waals surface area contributed by atoms with Gasteiger partial charge in [-0.2, -0.15) is 0 Å². The molecule has 0 unspecified atom stereocenters. The van der Waals surface area contributed by atoms with Crippen molar-refractivity contribution < 1.29 is 0 Å². The van der Waals surface area contributed by atoms with Crippen LogP contribution in [0.15, 0.2) is 24.4 Å². The van der Waals surface area contributed by atoms with Gasteiger partial charge in [0.1, 0.15) is 11.6 Å². The Morgan fingerprint density at radius 3 is 2.83 bits per heavy atom. The van der Waals surface area contributed by atoms with Crippen molar-refractivity contribution in [2.75, 3.05) is 18.5 Å². The normalized spacial score (nSPS) is 17.2. The van der Waals surface area contributed by atoms with Crippen LogP contribution in [0.3, 0.4) is 0 Å². The third-order valence-electron chi connectivity index (χ3n) is 5.19. The minimum Gasteiger partial charge on any atom is -0.359 e. The van der Waals surface area contributed by atoms with Crippen molar-refractivity contribution in [3.05, 3.63) is 47.2 Å². The second-order valence-corrected chi connectivity index (χ2v) is 6.91. The topological polar surface area (TPSA) is 53.9 Å². The minimum atomic E-state index is 0.554. The quantitative estimate of drug-likeness (QED) is 0.917. The van der Waals surface area contributed by atoms with Crippen molar-refractivity contribution in [2.24, 2.45) is 0 Å². The molecule has 0 saturated heterocycles. The average Bonchev–Trinajstić information content (AvgIpc) is 3.30. The molecule has 0 amide bonds. The third kappa shape index (κ3) is 3.13. The lowest BCUT2D eigenvalue weighted by Crippen LogP contribution is -2.24. The van der Waals surface area contributed by atoms with Gasteiger partial charge in [0.25, 0.3) is 0 Å². The van der Waals surface area contributed by atoms with Crippen molar-refractivity contribution in [3.8, 4) is 0 Å². The molecule has 5 nitrogen and oxygen atoms in total. The molecule has 1 N–H and O–H groups in total. The molecule has 1 aliphatic heterocycles. The summed E-state index contributed by atoms with van der Waals surface area (Å²) >= 11 is 0. The molecule has 5 heteroatoms. The molecule has 2 aromatic rings. The first kappa shape index (κ1) is 15.5. The van der Waals surface area contributed by atoms with E-state index in [4.69, 9.17) is 9.97 Å². The number of pyridine rings is 1. The standard InChI is InChI=1S/C19H25N5/c1-24(11-9-15-8-4-5-10-21-15)19-16-12-20-13-17(16)22-18(23-19)14-6-2-3-7-14/h4-5,8,10,14,20H,2-3,6-7,9,11-13H2,1H3. The van der Waals surface area contributed by atoms with Gasteiger partial charge in [0.05, 0.1) is 5.69 Å². The number of fused-ring (bicyclic) bond motifs is 1. The number of nitrogens with one attached hydrogen (secondary N) is 1. The van der Waals surface area contributed by atoms with Crippen molar-refractivity contribution >= 4 is 5.82 Å². The lowest BCUT2D eigenvalue weighted by molar-refractivity contribution is 0.657. The highest BCUT2D eigenvalue weighted by Crippen LogP contribution is 2.34. The Balaban J connectivity index is 1.56. The van der Waals surface area contributed by atoms with E-state index in [0.717, 1.165) is 43.4 Å². The van der Waals surface area contributed by atoms with Gasteiger partial charge in [-0.05, 0) is 25.0 Å². The van der Waals surface area contributed by atoms with E-state index < -0.39 is 0 Å². The molecule has 2 aromatic heterocycles. The van der Waals surface area contributed by atoms with E-state index in [1.54, 1.807) is 0 Å². The van der Waals surface area contributed by atoms with Crippen molar-refractivity contribution in [2.45, 2.75) is 51.1 Å². The molecule has 2 aliphatic rings. The first-order valence-electron chi connectivity index (χ1n) is 9.02. The molecule has 0 atom stereocenters. The maximum atomic E-state index is 4.99. The second kappa shape index (κ2) is 6.85. The van der Waals surface area contributed by atoms with E-state index in [1.807, 2.05) is 18.3 Å². The van der Waals surface area contributed by atoms with Gasteiger partial charge in [0.15, 0.2) is 0 Å². The van der Waals surface area contributed by atoms with Crippen LogP contribution in [0.2, 0.25) is 0 Å². The van der Waals surface area contributed by atoms with E-state index in [9.17, 15) is 0 Å². The molecule has 1 saturated carbocycles. The molecule has 1 fully saturated rings. The van der Waals surface area contributed by atoms with Crippen molar-refractivity contribution in [1.82, 2.24) is 20.3 Å². The molecule has 0 aromatic carbocycles. The number of aromatic nitrogens is 3. The van der Waals surface area contributed by atoms with Gasteiger partial charge in [0.2, 0.25) is 0 Å². The van der Waals surface area contributed by atoms with Crippen LogP contribution < -0.4 is 10.2 Å². The van der Waals surface area contributed by atoms with Crippen LogP contribution >= 0.6 is 0 Å². The van der Waals surface area contributed by atoms with Gasteiger partial charge in [-0.1, -0.05) is 18.9 Å². The highest BCUT2D eigenvalue weighted by atomic mass is 15.2. The Hall–Kier alpha value is -2.01. The van der Waals surface area contributed by atoms with Crippen LogP contribution in [0.1, 0.15) is 54.4 Å². The molecule has 24 heavy (non-hydrogen) atoms. The van der Waals surface area contributed by atoms with Gasteiger partial charge >= 0.3 is 0 Å². The maximum Gasteiger partial charge on any atom is 0.136 e. The highest BCUT2D eigenvalue weighted by molar-refractivity contribution is 5.50. The van der Waals surface area contributed by atoms with Gasteiger partial charge < -0.3 is 10.2 Å². The van der Waals surface area contributed by atoms with E-state index in [2.05, 4.69) is 28.3 Å². The van der Waals surface area contributed by atoms with Gasteiger partial charge in [-0.25, -0.2) is 9.97 Å². The molecular formula is C19H25N5. The number of anilines is 1. The molecule has 126 valence electrons. The molecule has 3 heterocycles. The zero-order chi connectivity index (χ0) is 16.4. The summed E-state index contributed by atoms with van der Waals surface area (Å²) in [6, 6.07) is 6.10. The van der Waals surface area contributed by atoms with Crippen LogP contribution in [0.25, 0.3) is 0 Å². The smallest absolute Gasteiger partial charge is 0.136 e. The number of hydrogen-bond acceptors (Lipinski definition) is 5. The lowest BCUT2D eigenvalue weighted by Gasteiger charge is -2.22. The summed E-state index contributed by atoms with van der Waals surface area (Å²) < 4.78 is 0. The first-order chi connectivity index (χ1) is 11.8. The largest absolute Gasteiger partial charge is 0.359 e. The van der Waals surface area contributed by atoms with E-state index >= 15 is 0 Å². The van der Waals surface area contributed by atoms with Crippen LogP contribution in [0, 0.1) is 0 Å². The fourth-order valence-electron chi connectivity index (χ4n) is 3.79. The number of likely N-dealkylation sites (N-methyl/N-ethyl adjacent to an activating group) is 1. The predicted molar refractivity (Wildman–Crippen MR) is 95.0 cm³/mol. The Morgan fingerprint density at radius 1 is 1.17 bits per heavy atom. The average molecular weight is 323 g/mol. The summed E-state index contributed by atoms with van der Waals surface area (Å²) in [5.41, 5.74) is 3.61. The Labute approximate surface area is 143 Å². The Morgan fingerprint density at radius 2 is 2.04 bits per heavy atom. The third-order valence-corrected chi connectivity index (χ3v) is 5.19. The molecular weight excluding hydrogens is 298 g/mol. The maximum absolute atomic E-state index is 4.99. The van der Waals surface area contributed by atoms with Crippen molar-refractivity contribution in [1.29, 1.82) is 0 Å².